The molecule has 2 unspecified atom stereocenters. The van der Waals surface area contributed by atoms with Gasteiger partial charge in [0.05, 0.1) is 6.20 Å². The minimum absolute atomic E-state index is 0.0544. The SMILES string of the molecule is Cc1cc(C)n2ncc(C(=O)NC3CCCCC3C)c2n1. The van der Waals surface area contributed by atoms with Crippen molar-refractivity contribution in [2.75, 3.05) is 0 Å². The molecule has 2 aromatic heterocycles. The molecule has 2 aromatic rings. The Morgan fingerprint density at radius 1 is 1.33 bits per heavy atom. The molecule has 21 heavy (non-hydrogen) atoms. The summed E-state index contributed by atoms with van der Waals surface area (Å²) in [5.74, 6) is 0.488. The molecule has 1 aliphatic rings. The van der Waals surface area contributed by atoms with Crippen molar-refractivity contribution in [1.29, 1.82) is 0 Å². The van der Waals surface area contributed by atoms with Gasteiger partial charge in [-0.1, -0.05) is 19.8 Å². The molecule has 5 heteroatoms. The van der Waals surface area contributed by atoms with Crippen molar-refractivity contribution in [2.24, 2.45) is 5.92 Å². The number of aryl methyl sites for hydroxylation is 2. The maximum absolute atomic E-state index is 12.6. The summed E-state index contributed by atoms with van der Waals surface area (Å²) in [6.45, 7) is 6.12. The Morgan fingerprint density at radius 3 is 2.86 bits per heavy atom. The van der Waals surface area contributed by atoms with E-state index in [9.17, 15) is 4.79 Å². The average Bonchev–Trinajstić information content (AvgIpc) is 2.85. The second-order valence-electron chi connectivity index (χ2n) is 6.17. The molecule has 0 radical (unpaired) electrons. The third-order valence-electron chi connectivity index (χ3n) is 4.45. The lowest BCUT2D eigenvalue weighted by atomic mass is 9.86. The number of hydrogen-bond acceptors (Lipinski definition) is 3. The molecule has 1 aliphatic carbocycles. The van der Waals surface area contributed by atoms with E-state index in [2.05, 4.69) is 22.3 Å². The number of carbonyl (C=O) groups excluding carboxylic acids is 1. The van der Waals surface area contributed by atoms with Crippen molar-refractivity contribution >= 4 is 11.6 Å². The van der Waals surface area contributed by atoms with Gasteiger partial charge in [0.15, 0.2) is 5.65 Å². The van der Waals surface area contributed by atoms with Crippen molar-refractivity contribution < 1.29 is 4.79 Å². The zero-order valence-corrected chi connectivity index (χ0v) is 12.9. The van der Waals surface area contributed by atoms with Crippen LogP contribution in [0.2, 0.25) is 0 Å². The number of amides is 1. The quantitative estimate of drug-likeness (QED) is 0.923. The van der Waals surface area contributed by atoms with Gasteiger partial charge in [-0.3, -0.25) is 4.79 Å². The van der Waals surface area contributed by atoms with Crippen LogP contribution < -0.4 is 5.32 Å². The Kier molecular flexibility index (Phi) is 3.66. The van der Waals surface area contributed by atoms with Crippen LogP contribution in [-0.2, 0) is 0 Å². The van der Waals surface area contributed by atoms with Crippen LogP contribution in [-0.4, -0.2) is 26.5 Å². The fourth-order valence-corrected chi connectivity index (χ4v) is 3.21. The third kappa shape index (κ3) is 2.64. The van der Waals surface area contributed by atoms with Crippen molar-refractivity contribution in [3.63, 3.8) is 0 Å². The van der Waals surface area contributed by atoms with Crippen molar-refractivity contribution in [3.05, 3.63) is 29.2 Å². The number of rotatable bonds is 2. The molecular formula is C16H22N4O. The van der Waals surface area contributed by atoms with Crippen LogP contribution in [0.5, 0.6) is 0 Å². The number of nitrogens with one attached hydrogen (secondary N) is 1. The number of nitrogens with zero attached hydrogens (tertiary/aromatic N) is 3. The molecule has 5 nitrogen and oxygen atoms in total. The summed E-state index contributed by atoms with van der Waals surface area (Å²) in [4.78, 5) is 17.0. The van der Waals surface area contributed by atoms with Gasteiger partial charge < -0.3 is 5.32 Å². The Hall–Kier alpha value is -1.91. The second kappa shape index (κ2) is 5.47. The molecule has 1 N–H and O–H groups in total. The van der Waals surface area contributed by atoms with E-state index in [0.717, 1.165) is 17.8 Å². The molecular weight excluding hydrogens is 264 g/mol. The maximum atomic E-state index is 12.6. The van der Waals surface area contributed by atoms with Crippen molar-refractivity contribution in [2.45, 2.75) is 52.5 Å². The Labute approximate surface area is 124 Å². The molecule has 0 aliphatic heterocycles. The molecule has 3 rings (SSSR count). The van der Waals surface area contributed by atoms with Gasteiger partial charge in [-0.05, 0) is 38.7 Å². The van der Waals surface area contributed by atoms with Crippen LogP contribution in [0.3, 0.4) is 0 Å². The van der Waals surface area contributed by atoms with Crippen molar-refractivity contribution in [1.82, 2.24) is 19.9 Å². The van der Waals surface area contributed by atoms with Crippen LogP contribution >= 0.6 is 0 Å². The summed E-state index contributed by atoms with van der Waals surface area (Å²) >= 11 is 0. The first-order chi connectivity index (χ1) is 10.1. The highest BCUT2D eigenvalue weighted by atomic mass is 16.1. The molecule has 0 saturated heterocycles. The maximum Gasteiger partial charge on any atom is 0.256 e. The summed E-state index contributed by atoms with van der Waals surface area (Å²) in [6.07, 6.45) is 6.34. The third-order valence-corrected chi connectivity index (χ3v) is 4.45. The minimum atomic E-state index is -0.0544. The first-order valence-electron chi connectivity index (χ1n) is 7.69. The van der Waals surface area contributed by atoms with Crippen molar-refractivity contribution in [3.8, 4) is 0 Å². The number of aromatic nitrogens is 3. The van der Waals surface area contributed by atoms with Gasteiger partial charge in [0.25, 0.3) is 5.91 Å². The summed E-state index contributed by atoms with van der Waals surface area (Å²) in [7, 11) is 0. The van der Waals surface area contributed by atoms with E-state index in [0.29, 0.717) is 17.1 Å². The van der Waals surface area contributed by atoms with E-state index in [-0.39, 0.29) is 11.9 Å². The first kappa shape index (κ1) is 14.0. The Balaban J connectivity index is 1.88. The molecule has 1 amide bonds. The smallest absolute Gasteiger partial charge is 0.256 e. The van der Waals surface area contributed by atoms with E-state index in [1.165, 1.54) is 19.3 Å². The van der Waals surface area contributed by atoms with Crippen LogP contribution in [0.4, 0.5) is 0 Å². The van der Waals surface area contributed by atoms with Gasteiger partial charge >= 0.3 is 0 Å². The number of hydrogen-bond donors (Lipinski definition) is 1. The van der Waals surface area contributed by atoms with E-state index < -0.39 is 0 Å². The summed E-state index contributed by atoms with van der Waals surface area (Å²) in [5, 5.41) is 7.46. The topological polar surface area (TPSA) is 59.3 Å². The second-order valence-corrected chi connectivity index (χ2v) is 6.17. The fraction of sp³-hybridized carbons (Fsp3) is 0.562. The summed E-state index contributed by atoms with van der Waals surface area (Å²) < 4.78 is 1.73. The van der Waals surface area contributed by atoms with Crippen LogP contribution in [0.15, 0.2) is 12.3 Å². The lowest BCUT2D eigenvalue weighted by Crippen LogP contribution is -2.41. The highest BCUT2D eigenvalue weighted by molar-refractivity contribution is 5.99. The summed E-state index contributed by atoms with van der Waals surface area (Å²) in [6, 6.07) is 2.23. The minimum Gasteiger partial charge on any atom is -0.349 e. The van der Waals surface area contributed by atoms with E-state index in [4.69, 9.17) is 0 Å². The molecule has 1 saturated carbocycles. The molecule has 2 heterocycles. The lowest BCUT2D eigenvalue weighted by Gasteiger charge is -2.29. The van der Waals surface area contributed by atoms with Gasteiger partial charge in [0, 0.05) is 17.4 Å². The fourth-order valence-electron chi connectivity index (χ4n) is 3.21. The van der Waals surface area contributed by atoms with Gasteiger partial charge in [0.1, 0.15) is 5.56 Å². The molecule has 2 atom stereocenters. The average molecular weight is 286 g/mol. The van der Waals surface area contributed by atoms with E-state index >= 15 is 0 Å². The zero-order valence-electron chi connectivity index (χ0n) is 12.9. The highest BCUT2D eigenvalue weighted by Gasteiger charge is 2.25. The highest BCUT2D eigenvalue weighted by Crippen LogP contribution is 2.24. The molecule has 0 spiro atoms. The Bertz CT molecular complexity index is 676. The lowest BCUT2D eigenvalue weighted by molar-refractivity contribution is 0.0912. The molecule has 112 valence electrons. The van der Waals surface area contributed by atoms with Crippen LogP contribution in [0.25, 0.3) is 5.65 Å². The number of fused-ring (bicyclic) bond motifs is 1. The standard InChI is InChI=1S/C16H22N4O/c1-10-6-4-5-7-14(10)19-16(21)13-9-17-20-12(3)8-11(2)18-15(13)20/h8-10,14H,4-7H2,1-3H3,(H,19,21). The zero-order chi connectivity index (χ0) is 15.0. The van der Waals surface area contributed by atoms with Crippen LogP contribution in [0, 0.1) is 19.8 Å². The van der Waals surface area contributed by atoms with Gasteiger partial charge in [0.2, 0.25) is 0 Å². The van der Waals surface area contributed by atoms with Crippen LogP contribution in [0.1, 0.15) is 54.4 Å². The predicted molar refractivity (Wildman–Crippen MR) is 81.3 cm³/mol. The molecule has 0 aromatic carbocycles. The normalized spacial score (nSPS) is 22.4. The van der Waals surface area contributed by atoms with E-state index in [1.807, 2.05) is 19.9 Å². The van der Waals surface area contributed by atoms with Gasteiger partial charge in [-0.15, -0.1) is 0 Å². The first-order valence-corrected chi connectivity index (χ1v) is 7.69. The number of carbonyl (C=O) groups is 1. The molecule has 1 fully saturated rings. The Morgan fingerprint density at radius 2 is 2.10 bits per heavy atom. The summed E-state index contributed by atoms with van der Waals surface area (Å²) in [5.41, 5.74) is 3.11. The largest absolute Gasteiger partial charge is 0.349 e. The monoisotopic (exact) mass is 286 g/mol. The van der Waals surface area contributed by atoms with E-state index in [1.54, 1.807) is 10.7 Å². The predicted octanol–water partition coefficient (Wildman–Crippen LogP) is 2.65. The van der Waals surface area contributed by atoms with Gasteiger partial charge in [-0.25, -0.2) is 9.50 Å². The van der Waals surface area contributed by atoms with Gasteiger partial charge in [-0.2, -0.15) is 5.10 Å². The molecule has 0 bridgehead atoms.